The van der Waals surface area contributed by atoms with E-state index in [4.69, 9.17) is 0 Å². The van der Waals surface area contributed by atoms with Crippen LogP contribution in [-0.4, -0.2) is 32.8 Å². The van der Waals surface area contributed by atoms with Gasteiger partial charge in [-0.1, -0.05) is 31.5 Å². The zero-order chi connectivity index (χ0) is 18.8. The predicted molar refractivity (Wildman–Crippen MR) is 98.7 cm³/mol. The van der Waals surface area contributed by atoms with Crippen LogP contribution in [0.4, 0.5) is 0 Å². The highest BCUT2D eigenvalue weighted by atomic mass is 16.4. The molecule has 0 bridgehead atoms. The van der Waals surface area contributed by atoms with Crippen LogP contribution < -0.4 is 5.32 Å². The molecule has 1 atom stereocenters. The molecular formula is C20H25N3O3. The van der Waals surface area contributed by atoms with Gasteiger partial charge in [-0.3, -0.25) is 4.79 Å². The van der Waals surface area contributed by atoms with E-state index in [1.165, 1.54) is 0 Å². The third-order valence-electron chi connectivity index (χ3n) is 4.89. The largest absolute Gasteiger partial charge is 0.480 e. The van der Waals surface area contributed by atoms with Crippen LogP contribution in [0.15, 0.2) is 24.3 Å². The molecule has 0 fully saturated rings. The van der Waals surface area contributed by atoms with Crippen LogP contribution in [0.5, 0.6) is 0 Å². The van der Waals surface area contributed by atoms with Gasteiger partial charge in [-0.25, -0.2) is 9.48 Å². The molecule has 0 spiro atoms. The molecule has 2 aromatic rings. The molecule has 1 aromatic carbocycles. The van der Waals surface area contributed by atoms with Gasteiger partial charge in [0.05, 0.1) is 5.69 Å². The lowest BCUT2D eigenvalue weighted by atomic mass is 9.95. The first-order valence-electron chi connectivity index (χ1n) is 9.10. The van der Waals surface area contributed by atoms with Crippen molar-refractivity contribution in [1.82, 2.24) is 15.1 Å². The fourth-order valence-corrected chi connectivity index (χ4v) is 3.40. The average Bonchev–Trinajstić information content (AvgIpc) is 2.99. The Balaban J connectivity index is 1.98. The normalized spacial score (nSPS) is 14.8. The Bertz CT molecular complexity index is 822. The summed E-state index contributed by atoms with van der Waals surface area (Å²) in [5.74, 6) is -1.64. The maximum atomic E-state index is 12.8. The van der Waals surface area contributed by atoms with Crippen LogP contribution in [-0.2, 0) is 17.6 Å². The molecular weight excluding hydrogens is 330 g/mol. The number of fused-ring (bicyclic) bond motifs is 1. The number of nitrogens with zero attached hydrogens (tertiary/aromatic N) is 2. The van der Waals surface area contributed by atoms with Gasteiger partial charge in [0.25, 0.3) is 5.91 Å². The molecule has 6 heteroatoms. The summed E-state index contributed by atoms with van der Waals surface area (Å²) in [4.78, 5) is 24.2. The number of amides is 1. The van der Waals surface area contributed by atoms with Crippen LogP contribution in [0.1, 0.15) is 54.0 Å². The minimum absolute atomic E-state index is 0.202. The van der Waals surface area contributed by atoms with Crippen molar-refractivity contribution in [3.8, 4) is 5.69 Å². The lowest BCUT2D eigenvalue weighted by Gasteiger charge is -2.18. The number of aryl methyl sites for hydroxylation is 1. The second kappa shape index (κ2) is 7.32. The number of rotatable bonds is 5. The number of carbonyl (C=O) groups excluding carboxylic acids is 1. The molecule has 1 aliphatic carbocycles. The van der Waals surface area contributed by atoms with Crippen molar-refractivity contribution in [3.05, 3.63) is 46.8 Å². The zero-order valence-corrected chi connectivity index (χ0v) is 15.5. The Labute approximate surface area is 153 Å². The minimum Gasteiger partial charge on any atom is -0.480 e. The molecule has 0 saturated carbocycles. The van der Waals surface area contributed by atoms with E-state index in [1.807, 2.05) is 35.9 Å². The molecule has 1 aromatic heterocycles. The molecule has 3 rings (SSSR count). The van der Waals surface area contributed by atoms with Crippen LogP contribution in [0, 0.1) is 12.8 Å². The molecule has 0 aliphatic heterocycles. The summed E-state index contributed by atoms with van der Waals surface area (Å²) >= 11 is 0. The van der Waals surface area contributed by atoms with Crippen molar-refractivity contribution in [1.29, 1.82) is 0 Å². The van der Waals surface area contributed by atoms with Crippen molar-refractivity contribution in [2.24, 2.45) is 5.92 Å². The molecule has 0 saturated heterocycles. The van der Waals surface area contributed by atoms with E-state index in [0.29, 0.717) is 5.69 Å². The number of nitrogens with one attached hydrogen (secondary N) is 1. The number of hydrogen-bond acceptors (Lipinski definition) is 3. The monoisotopic (exact) mass is 355 g/mol. The first-order chi connectivity index (χ1) is 12.4. The Morgan fingerprint density at radius 3 is 2.42 bits per heavy atom. The second-order valence-electron chi connectivity index (χ2n) is 7.26. The van der Waals surface area contributed by atoms with E-state index < -0.39 is 17.9 Å². The fraction of sp³-hybridized carbons (Fsp3) is 0.450. The van der Waals surface area contributed by atoms with E-state index in [1.54, 1.807) is 13.8 Å². The highest BCUT2D eigenvalue weighted by Gasteiger charge is 2.29. The van der Waals surface area contributed by atoms with Crippen molar-refractivity contribution in [2.45, 2.75) is 52.5 Å². The quantitative estimate of drug-likeness (QED) is 0.864. The van der Waals surface area contributed by atoms with E-state index in [-0.39, 0.29) is 5.92 Å². The van der Waals surface area contributed by atoms with Gasteiger partial charge in [-0.2, -0.15) is 5.10 Å². The molecule has 1 aliphatic rings. The average molecular weight is 355 g/mol. The summed E-state index contributed by atoms with van der Waals surface area (Å²) in [6.07, 6.45) is 3.74. The number of carboxylic acids is 1. The molecule has 2 N–H and O–H groups in total. The van der Waals surface area contributed by atoms with Gasteiger partial charge in [-0.05, 0) is 50.7 Å². The van der Waals surface area contributed by atoms with Crippen molar-refractivity contribution < 1.29 is 14.7 Å². The van der Waals surface area contributed by atoms with Crippen molar-refractivity contribution in [3.63, 3.8) is 0 Å². The van der Waals surface area contributed by atoms with E-state index >= 15 is 0 Å². The zero-order valence-electron chi connectivity index (χ0n) is 15.5. The summed E-state index contributed by atoms with van der Waals surface area (Å²) in [6, 6.07) is 7.10. The number of carbonyl (C=O) groups is 2. The molecule has 1 heterocycles. The number of benzene rings is 1. The fourth-order valence-electron chi connectivity index (χ4n) is 3.40. The van der Waals surface area contributed by atoms with Gasteiger partial charge in [-0.15, -0.1) is 0 Å². The standard InChI is InChI=1S/C20H25N3O3/c1-12(2)17(20(25)26)21-19(24)18-15-6-4-5-7-16(15)23(22-18)14-10-8-13(3)9-11-14/h8-12,17H,4-7H2,1-3H3,(H,21,24)(H,25,26)/t17-/m1/s1. The highest BCUT2D eigenvalue weighted by Crippen LogP contribution is 2.27. The number of aliphatic carboxylic acids is 1. The van der Waals surface area contributed by atoms with E-state index in [2.05, 4.69) is 10.4 Å². The Morgan fingerprint density at radius 1 is 1.15 bits per heavy atom. The summed E-state index contributed by atoms with van der Waals surface area (Å²) < 4.78 is 1.84. The van der Waals surface area contributed by atoms with Crippen molar-refractivity contribution in [2.75, 3.05) is 0 Å². The first kappa shape index (κ1) is 18.2. The van der Waals surface area contributed by atoms with Gasteiger partial charge in [0.15, 0.2) is 5.69 Å². The summed E-state index contributed by atoms with van der Waals surface area (Å²) in [7, 11) is 0. The SMILES string of the molecule is Cc1ccc(-n2nc(C(=O)N[C@@H](C(=O)O)C(C)C)c3c2CCCC3)cc1. The maximum absolute atomic E-state index is 12.8. The number of hydrogen-bond donors (Lipinski definition) is 2. The smallest absolute Gasteiger partial charge is 0.326 e. The van der Waals surface area contributed by atoms with Gasteiger partial charge >= 0.3 is 5.97 Å². The summed E-state index contributed by atoms with van der Waals surface area (Å²) in [5, 5.41) is 16.6. The van der Waals surface area contributed by atoms with Gasteiger partial charge < -0.3 is 10.4 Å². The van der Waals surface area contributed by atoms with Crippen molar-refractivity contribution >= 4 is 11.9 Å². The highest BCUT2D eigenvalue weighted by molar-refractivity contribution is 5.96. The Kier molecular flexibility index (Phi) is 5.11. The lowest BCUT2D eigenvalue weighted by Crippen LogP contribution is -2.44. The van der Waals surface area contributed by atoms with Crippen LogP contribution in [0.25, 0.3) is 5.69 Å². The minimum atomic E-state index is -1.03. The number of carboxylic acid groups (broad SMARTS) is 1. The third-order valence-corrected chi connectivity index (χ3v) is 4.89. The molecule has 0 unspecified atom stereocenters. The van der Waals surface area contributed by atoms with Gasteiger partial charge in [0.1, 0.15) is 6.04 Å². The molecule has 1 amide bonds. The van der Waals surface area contributed by atoms with Gasteiger partial charge in [0, 0.05) is 11.3 Å². The third kappa shape index (κ3) is 3.49. The molecule has 6 nitrogen and oxygen atoms in total. The summed E-state index contributed by atoms with van der Waals surface area (Å²) in [6.45, 7) is 5.58. The molecule has 0 radical (unpaired) electrons. The molecule has 26 heavy (non-hydrogen) atoms. The lowest BCUT2D eigenvalue weighted by molar-refractivity contribution is -0.140. The topological polar surface area (TPSA) is 84.2 Å². The van der Waals surface area contributed by atoms with E-state index in [0.717, 1.165) is 48.2 Å². The summed E-state index contributed by atoms with van der Waals surface area (Å²) in [5.41, 5.74) is 4.44. The maximum Gasteiger partial charge on any atom is 0.326 e. The Morgan fingerprint density at radius 2 is 1.81 bits per heavy atom. The van der Waals surface area contributed by atoms with Gasteiger partial charge in [0.2, 0.25) is 0 Å². The first-order valence-corrected chi connectivity index (χ1v) is 9.10. The second-order valence-corrected chi connectivity index (χ2v) is 7.26. The predicted octanol–water partition coefficient (Wildman–Crippen LogP) is 2.90. The van der Waals surface area contributed by atoms with Crippen LogP contribution >= 0.6 is 0 Å². The van der Waals surface area contributed by atoms with Crippen LogP contribution in [0.3, 0.4) is 0 Å². The molecule has 138 valence electrons. The van der Waals surface area contributed by atoms with Crippen LogP contribution in [0.2, 0.25) is 0 Å². The number of aromatic nitrogens is 2. The van der Waals surface area contributed by atoms with E-state index in [9.17, 15) is 14.7 Å². The Hall–Kier alpha value is -2.63.